The molecule has 0 fully saturated rings. The van der Waals surface area contributed by atoms with Crippen molar-refractivity contribution in [1.29, 1.82) is 0 Å². The first-order valence-corrected chi connectivity index (χ1v) is 8.87. The highest BCUT2D eigenvalue weighted by atomic mass is 32.3. The van der Waals surface area contributed by atoms with E-state index in [9.17, 15) is 21.1 Å². The molecule has 0 aliphatic rings. The third kappa shape index (κ3) is 4.59. The molecule has 0 bridgehead atoms. The Labute approximate surface area is 153 Å². The molecule has 6 nitrogen and oxygen atoms in total. The number of nitrogens with zero attached hydrogens (tertiary/aromatic N) is 2. The summed E-state index contributed by atoms with van der Waals surface area (Å²) in [6.45, 7) is -0.398. The van der Waals surface area contributed by atoms with Gasteiger partial charge in [-0.3, -0.25) is 4.68 Å². The van der Waals surface area contributed by atoms with Gasteiger partial charge < -0.3 is 8.92 Å². The Hall–Kier alpha value is -3.01. The molecule has 0 N–H and O–H groups in total. The first-order valence-electron chi connectivity index (χ1n) is 7.56. The van der Waals surface area contributed by atoms with Gasteiger partial charge in [0.2, 0.25) is 0 Å². The summed E-state index contributed by atoms with van der Waals surface area (Å²) in [6, 6.07) is 8.84. The molecular formula is C17H13F3N2O4S. The Morgan fingerprint density at radius 2 is 1.63 bits per heavy atom. The number of hydrogen-bond donors (Lipinski definition) is 0. The molecule has 10 heteroatoms. The van der Waals surface area contributed by atoms with Crippen LogP contribution in [0.5, 0.6) is 11.5 Å². The molecule has 0 saturated heterocycles. The summed E-state index contributed by atoms with van der Waals surface area (Å²) in [5.41, 5.74) is 0.619. The van der Waals surface area contributed by atoms with Gasteiger partial charge in [-0.2, -0.15) is 13.5 Å². The van der Waals surface area contributed by atoms with Gasteiger partial charge in [-0.15, -0.1) is 0 Å². The van der Waals surface area contributed by atoms with Gasteiger partial charge in [-0.05, 0) is 42.5 Å². The van der Waals surface area contributed by atoms with Crippen molar-refractivity contribution < 1.29 is 30.0 Å². The predicted octanol–water partition coefficient (Wildman–Crippen LogP) is 3.54. The molecule has 1 aromatic heterocycles. The molecule has 0 saturated carbocycles. The lowest BCUT2D eigenvalue weighted by Gasteiger charge is -2.11. The summed E-state index contributed by atoms with van der Waals surface area (Å²) < 4.78 is 72.7. The quantitative estimate of drug-likeness (QED) is 0.594. The van der Waals surface area contributed by atoms with Gasteiger partial charge in [0.05, 0.1) is 11.3 Å². The van der Waals surface area contributed by atoms with Gasteiger partial charge in [0.25, 0.3) is 0 Å². The van der Waals surface area contributed by atoms with Crippen LogP contribution in [0.1, 0.15) is 5.56 Å². The highest BCUT2D eigenvalue weighted by Gasteiger charge is 2.15. The van der Waals surface area contributed by atoms with Crippen molar-refractivity contribution in [1.82, 2.24) is 9.78 Å². The van der Waals surface area contributed by atoms with Crippen molar-refractivity contribution in [2.75, 3.05) is 0 Å². The zero-order valence-corrected chi connectivity index (χ0v) is 14.7. The van der Waals surface area contributed by atoms with E-state index in [4.69, 9.17) is 4.74 Å². The van der Waals surface area contributed by atoms with Crippen molar-refractivity contribution >= 4 is 10.5 Å². The number of benzene rings is 2. The Morgan fingerprint density at radius 1 is 1.04 bits per heavy atom. The minimum absolute atomic E-state index is 0.188. The van der Waals surface area contributed by atoms with Crippen LogP contribution in [0.15, 0.2) is 48.7 Å². The standard InChI is InChI=1S/C17H13F3N2O4S/c1-22-17(6-7-21-22)11-8-15(18)14(16(19)9-11)10-25-12-2-4-13(5-3-12)26-27(20,23)24/h2-9H,10H2,1H3. The number of rotatable bonds is 6. The SMILES string of the molecule is Cn1nccc1-c1cc(F)c(COc2ccc(OS(=O)(=O)F)cc2)c(F)c1. The maximum atomic E-state index is 14.3. The molecule has 3 aromatic rings. The number of halogens is 3. The van der Waals surface area contributed by atoms with E-state index in [1.54, 1.807) is 13.1 Å². The van der Waals surface area contributed by atoms with Crippen LogP contribution >= 0.6 is 0 Å². The van der Waals surface area contributed by atoms with E-state index in [1.165, 1.54) is 35.1 Å². The average molecular weight is 398 g/mol. The van der Waals surface area contributed by atoms with E-state index in [0.717, 1.165) is 12.1 Å². The van der Waals surface area contributed by atoms with E-state index >= 15 is 0 Å². The summed E-state index contributed by atoms with van der Waals surface area (Å²) in [6.07, 6.45) is 1.52. The van der Waals surface area contributed by atoms with E-state index in [0.29, 0.717) is 11.3 Å². The topological polar surface area (TPSA) is 70.4 Å². The van der Waals surface area contributed by atoms with Crippen LogP contribution in [-0.4, -0.2) is 18.2 Å². The fourth-order valence-electron chi connectivity index (χ4n) is 2.41. The first-order chi connectivity index (χ1) is 12.7. The number of aryl methyl sites for hydroxylation is 1. The van der Waals surface area contributed by atoms with Crippen molar-refractivity contribution in [3.05, 3.63) is 65.9 Å². The zero-order valence-electron chi connectivity index (χ0n) is 13.9. The maximum Gasteiger partial charge on any atom is 0.488 e. The van der Waals surface area contributed by atoms with Crippen LogP contribution < -0.4 is 8.92 Å². The van der Waals surface area contributed by atoms with Gasteiger partial charge in [0.1, 0.15) is 29.7 Å². The molecule has 0 radical (unpaired) electrons. The predicted molar refractivity (Wildman–Crippen MR) is 90.0 cm³/mol. The highest BCUT2D eigenvalue weighted by molar-refractivity contribution is 7.81. The van der Waals surface area contributed by atoms with Crippen LogP contribution in [0.25, 0.3) is 11.3 Å². The van der Waals surface area contributed by atoms with Crippen LogP contribution in [0, 0.1) is 11.6 Å². The van der Waals surface area contributed by atoms with Gasteiger partial charge in [0.15, 0.2) is 0 Å². The van der Waals surface area contributed by atoms with Gasteiger partial charge in [-0.25, -0.2) is 8.78 Å². The molecule has 27 heavy (non-hydrogen) atoms. The summed E-state index contributed by atoms with van der Waals surface area (Å²) >= 11 is 0. The molecule has 0 unspecified atom stereocenters. The molecule has 0 aliphatic carbocycles. The van der Waals surface area contributed by atoms with Crippen LogP contribution in [0.4, 0.5) is 12.7 Å². The maximum absolute atomic E-state index is 14.3. The van der Waals surface area contributed by atoms with E-state index in [-0.39, 0.29) is 17.1 Å². The van der Waals surface area contributed by atoms with Crippen molar-refractivity contribution in [3.63, 3.8) is 0 Å². The molecule has 0 aliphatic heterocycles. The smallest absolute Gasteiger partial charge is 0.488 e. The second-order valence-electron chi connectivity index (χ2n) is 5.50. The molecule has 3 rings (SSSR count). The largest absolute Gasteiger partial charge is 0.489 e. The van der Waals surface area contributed by atoms with E-state index in [1.807, 2.05) is 0 Å². The third-order valence-electron chi connectivity index (χ3n) is 3.66. The number of hydrogen-bond acceptors (Lipinski definition) is 5. The fourth-order valence-corrected chi connectivity index (χ4v) is 2.75. The molecule has 1 heterocycles. The van der Waals surface area contributed by atoms with Gasteiger partial charge in [-0.1, -0.05) is 3.89 Å². The monoisotopic (exact) mass is 398 g/mol. The number of ether oxygens (including phenoxy) is 1. The second-order valence-corrected chi connectivity index (χ2v) is 6.45. The molecular weight excluding hydrogens is 385 g/mol. The van der Waals surface area contributed by atoms with Gasteiger partial charge in [0, 0.05) is 18.8 Å². The van der Waals surface area contributed by atoms with E-state index in [2.05, 4.69) is 9.28 Å². The highest BCUT2D eigenvalue weighted by Crippen LogP contribution is 2.26. The minimum Gasteiger partial charge on any atom is -0.489 e. The van der Waals surface area contributed by atoms with Gasteiger partial charge >= 0.3 is 10.5 Å². The first kappa shape index (κ1) is 18.8. The summed E-state index contributed by atoms with van der Waals surface area (Å²) in [7, 11) is -3.47. The third-order valence-corrected chi connectivity index (χ3v) is 4.05. The molecule has 142 valence electrons. The van der Waals surface area contributed by atoms with E-state index < -0.39 is 28.7 Å². The summed E-state index contributed by atoms with van der Waals surface area (Å²) in [5.74, 6) is -1.64. The van der Waals surface area contributed by atoms with Crippen molar-refractivity contribution in [3.8, 4) is 22.8 Å². The molecule has 0 spiro atoms. The average Bonchev–Trinajstić information content (AvgIpc) is 3.00. The Morgan fingerprint density at radius 3 is 2.15 bits per heavy atom. The fraction of sp³-hybridized carbons (Fsp3) is 0.118. The minimum atomic E-state index is -5.13. The summed E-state index contributed by atoms with van der Waals surface area (Å²) in [4.78, 5) is 0. The Kier molecular flexibility index (Phi) is 5.08. The Balaban J connectivity index is 1.74. The Bertz CT molecular complexity index is 1040. The summed E-state index contributed by atoms with van der Waals surface area (Å²) in [5, 5.41) is 3.96. The van der Waals surface area contributed by atoms with Crippen LogP contribution in [-0.2, 0) is 24.2 Å². The molecule has 0 atom stereocenters. The molecule has 0 amide bonds. The van der Waals surface area contributed by atoms with Crippen LogP contribution in [0.2, 0.25) is 0 Å². The van der Waals surface area contributed by atoms with Crippen LogP contribution in [0.3, 0.4) is 0 Å². The van der Waals surface area contributed by atoms with Crippen molar-refractivity contribution in [2.24, 2.45) is 7.05 Å². The lowest BCUT2D eigenvalue weighted by atomic mass is 10.1. The van der Waals surface area contributed by atoms with Crippen molar-refractivity contribution in [2.45, 2.75) is 6.61 Å². The zero-order chi connectivity index (χ0) is 19.6. The molecule has 2 aromatic carbocycles. The normalized spacial score (nSPS) is 11.4. The lowest BCUT2D eigenvalue weighted by Crippen LogP contribution is -2.04. The second kappa shape index (κ2) is 7.31. The number of aromatic nitrogens is 2. The lowest BCUT2D eigenvalue weighted by molar-refractivity contribution is 0.292.